The predicted molar refractivity (Wildman–Crippen MR) is 130 cm³/mol. The summed E-state index contributed by atoms with van der Waals surface area (Å²) in [5.41, 5.74) is 1.87. The van der Waals surface area contributed by atoms with Crippen molar-refractivity contribution in [2.75, 3.05) is 34.4 Å². The van der Waals surface area contributed by atoms with Gasteiger partial charge in [0.05, 0.1) is 25.9 Å². The molecule has 11 heteroatoms. The third kappa shape index (κ3) is 7.76. The van der Waals surface area contributed by atoms with E-state index in [1.54, 1.807) is 40.1 Å². The number of carbonyl (C=O) groups is 4. The lowest BCUT2D eigenvalue weighted by molar-refractivity contribution is -0.0592. The van der Waals surface area contributed by atoms with E-state index in [0.29, 0.717) is 60.0 Å². The summed E-state index contributed by atoms with van der Waals surface area (Å²) >= 11 is 0. The number of esters is 1. The van der Waals surface area contributed by atoms with E-state index in [9.17, 15) is 19.2 Å². The summed E-state index contributed by atoms with van der Waals surface area (Å²) in [5, 5.41) is 0. The fourth-order valence-corrected chi connectivity index (χ4v) is 3.13. The van der Waals surface area contributed by atoms with Gasteiger partial charge in [0.15, 0.2) is 29.9 Å². The van der Waals surface area contributed by atoms with Crippen molar-refractivity contribution >= 4 is 24.4 Å². The fourth-order valence-electron chi connectivity index (χ4n) is 3.13. The molecule has 1 fully saturated rings. The van der Waals surface area contributed by atoms with Crippen molar-refractivity contribution < 1.29 is 46.6 Å². The van der Waals surface area contributed by atoms with Crippen molar-refractivity contribution in [2.24, 2.45) is 0 Å². The van der Waals surface area contributed by atoms with Crippen LogP contribution in [0.4, 0.5) is 0 Å². The van der Waals surface area contributed by atoms with E-state index in [4.69, 9.17) is 22.7 Å². The molecule has 0 unspecified atom stereocenters. The highest BCUT2D eigenvalue weighted by molar-refractivity contribution is 5.96. The van der Waals surface area contributed by atoms with Gasteiger partial charge < -0.3 is 32.4 Å². The fraction of sp³-hybridized carbons (Fsp3) is 0.385. The van der Waals surface area contributed by atoms with Crippen molar-refractivity contribution in [3.05, 3.63) is 69.5 Å². The van der Waals surface area contributed by atoms with E-state index in [-0.39, 0.29) is 11.7 Å². The van der Waals surface area contributed by atoms with Gasteiger partial charge >= 0.3 is 5.97 Å². The molecule has 1 aliphatic heterocycles. The van der Waals surface area contributed by atoms with Gasteiger partial charge in [0.2, 0.25) is 6.29 Å². The summed E-state index contributed by atoms with van der Waals surface area (Å²) in [6.45, 7) is 8.18. The molecule has 0 aliphatic carbocycles. The summed E-state index contributed by atoms with van der Waals surface area (Å²) in [4.78, 5) is 44.6. The first-order chi connectivity index (χ1) is 17.5. The number of hydrogen-bond acceptors (Lipinski definition) is 10. The van der Waals surface area contributed by atoms with E-state index in [0.717, 1.165) is 11.3 Å². The van der Waals surface area contributed by atoms with Crippen LogP contribution in [-0.4, -0.2) is 63.8 Å². The second kappa shape index (κ2) is 13.4. The lowest BCUT2D eigenvalue weighted by Gasteiger charge is -2.07. The van der Waals surface area contributed by atoms with Crippen molar-refractivity contribution in [1.29, 1.82) is 0 Å². The molecule has 3 aromatic heterocycles. The van der Waals surface area contributed by atoms with Crippen molar-refractivity contribution in [1.82, 2.24) is 4.90 Å². The molecular weight excluding hydrogens is 486 g/mol. The minimum Gasteiger partial charge on any atom is -0.465 e. The Labute approximate surface area is 214 Å². The van der Waals surface area contributed by atoms with Gasteiger partial charge in [-0.05, 0) is 45.4 Å². The second-order valence-electron chi connectivity index (χ2n) is 8.13. The Kier molecular flexibility index (Phi) is 10.6. The molecule has 0 radical (unpaired) electrons. The van der Waals surface area contributed by atoms with Crippen LogP contribution >= 0.6 is 0 Å². The van der Waals surface area contributed by atoms with Gasteiger partial charge in [-0.25, -0.2) is 4.79 Å². The molecule has 4 heterocycles. The normalized spacial score (nSPS) is 12.6. The first-order valence-electron chi connectivity index (χ1n) is 11.2. The highest BCUT2D eigenvalue weighted by atomic mass is 16.7. The van der Waals surface area contributed by atoms with Crippen molar-refractivity contribution in [3.8, 4) is 0 Å². The lowest BCUT2D eigenvalue weighted by Crippen LogP contribution is -2.21. The molecule has 11 nitrogen and oxygen atoms in total. The minimum atomic E-state index is -0.498. The second-order valence-corrected chi connectivity index (χ2v) is 8.13. The van der Waals surface area contributed by atoms with Crippen LogP contribution in [0.3, 0.4) is 0 Å². The maximum absolute atomic E-state index is 11.4. The first kappa shape index (κ1) is 29.3. The van der Waals surface area contributed by atoms with Gasteiger partial charge in [-0.1, -0.05) is 0 Å². The Balaban J connectivity index is 0.000000201. The molecule has 37 heavy (non-hydrogen) atoms. The van der Waals surface area contributed by atoms with Gasteiger partial charge in [-0.2, -0.15) is 0 Å². The molecule has 0 aromatic carbocycles. The standard InChI is InChI=1S/C10H12O5.C9H11NO3.C7H8O2/c1-6-7(9(11)12-2)5-8(15-6)10-13-3-4-14-10;1-6-8(9(12)10(2)3)4-7(5-11)13-6;1-5-3-7(4-8)9-6(5)2/h5,10H,3-4H2,1-2H3;4-5H,1-3H3;3-4H,1-2H3. The molecule has 1 saturated heterocycles. The van der Waals surface area contributed by atoms with Crippen LogP contribution in [0.1, 0.15) is 76.7 Å². The van der Waals surface area contributed by atoms with Gasteiger partial charge in [-0.3, -0.25) is 14.4 Å². The number of rotatable bonds is 5. The average Bonchev–Trinajstić information content (AvgIpc) is 3.67. The summed E-state index contributed by atoms with van der Waals surface area (Å²) < 4.78 is 30.5. The van der Waals surface area contributed by atoms with Gasteiger partial charge in [0.1, 0.15) is 22.8 Å². The molecule has 0 spiro atoms. The van der Waals surface area contributed by atoms with E-state index in [2.05, 4.69) is 4.74 Å². The zero-order valence-corrected chi connectivity index (χ0v) is 21.9. The number of methoxy groups -OCH3 is 1. The topological polar surface area (TPSA) is 139 Å². The largest absolute Gasteiger partial charge is 0.465 e. The van der Waals surface area contributed by atoms with E-state index < -0.39 is 12.3 Å². The van der Waals surface area contributed by atoms with E-state index >= 15 is 0 Å². The zero-order chi connectivity index (χ0) is 27.7. The van der Waals surface area contributed by atoms with Crippen LogP contribution in [0.25, 0.3) is 0 Å². The van der Waals surface area contributed by atoms with Crippen LogP contribution in [-0.2, 0) is 14.2 Å². The molecule has 3 aromatic rings. The number of ether oxygens (including phenoxy) is 3. The highest BCUT2D eigenvalue weighted by Crippen LogP contribution is 2.27. The van der Waals surface area contributed by atoms with Crippen LogP contribution < -0.4 is 0 Å². The maximum Gasteiger partial charge on any atom is 0.341 e. The SMILES string of the molecule is COC(=O)c1cc(C2OCCO2)oc1C.Cc1cc(C=O)oc1C.Cc1oc(C=O)cc1C(=O)N(C)C. The summed E-state index contributed by atoms with van der Waals surface area (Å²) in [6, 6.07) is 4.77. The van der Waals surface area contributed by atoms with Gasteiger partial charge in [0, 0.05) is 20.2 Å². The Morgan fingerprint density at radius 3 is 1.81 bits per heavy atom. The van der Waals surface area contributed by atoms with Crippen molar-refractivity contribution in [3.63, 3.8) is 0 Å². The number of aldehydes is 2. The Morgan fingerprint density at radius 1 is 0.838 bits per heavy atom. The number of hydrogen-bond donors (Lipinski definition) is 0. The minimum absolute atomic E-state index is 0.158. The lowest BCUT2D eigenvalue weighted by atomic mass is 10.2. The molecule has 4 rings (SSSR count). The Morgan fingerprint density at radius 2 is 1.38 bits per heavy atom. The molecule has 0 atom stereocenters. The van der Waals surface area contributed by atoms with Crippen molar-refractivity contribution in [2.45, 2.75) is 34.0 Å². The quantitative estimate of drug-likeness (QED) is 0.357. The zero-order valence-electron chi connectivity index (χ0n) is 21.9. The van der Waals surface area contributed by atoms with Crippen LogP contribution in [0, 0.1) is 27.7 Å². The molecular formula is C26H31NO10. The molecule has 200 valence electrons. The third-order valence-electron chi connectivity index (χ3n) is 5.19. The van der Waals surface area contributed by atoms with Crippen LogP contribution in [0.15, 0.2) is 31.5 Å². The molecule has 1 amide bonds. The number of carbonyl (C=O) groups excluding carboxylic acids is 4. The number of aryl methyl sites for hydroxylation is 4. The molecule has 0 N–H and O–H groups in total. The Hall–Kier alpha value is -3.96. The Bertz CT molecular complexity index is 1200. The van der Waals surface area contributed by atoms with Gasteiger partial charge in [0.25, 0.3) is 5.91 Å². The molecule has 0 bridgehead atoms. The van der Waals surface area contributed by atoms with E-state index in [1.165, 1.54) is 18.1 Å². The number of nitrogens with zero attached hydrogens (tertiary/aromatic N) is 1. The third-order valence-corrected chi connectivity index (χ3v) is 5.19. The average molecular weight is 518 g/mol. The van der Waals surface area contributed by atoms with Gasteiger partial charge in [-0.15, -0.1) is 0 Å². The number of furan rings is 3. The monoisotopic (exact) mass is 517 g/mol. The summed E-state index contributed by atoms with van der Waals surface area (Å²) in [5.74, 6) is 2.32. The smallest absolute Gasteiger partial charge is 0.341 e. The first-order valence-corrected chi connectivity index (χ1v) is 11.2. The highest BCUT2D eigenvalue weighted by Gasteiger charge is 2.25. The maximum atomic E-state index is 11.4. The number of amides is 1. The van der Waals surface area contributed by atoms with Crippen LogP contribution in [0.2, 0.25) is 0 Å². The predicted octanol–water partition coefficient (Wildman–Crippen LogP) is 4.23. The molecule has 0 saturated carbocycles. The summed E-state index contributed by atoms with van der Waals surface area (Å²) in [7, 11) is 4.63. The van der Waals surface area contributed by atoms with E-state index in [1.807, 2.05) is 13.8 Å². The summed E-state index contributed by atoms with van der Waals surface area (Å²) in [6.07, 6.45) is 0.793. The molecule has 1 aliphatic rings. The van der Waals surface area contributed by atoms with Crippen LogP contribution in [0.5, 0.6) is 0 Å².